The van der Waals surface area contributed by atoms with Crippen molar-refractivity contribution in [1.82, 2.24) is 5.43 Å². The molecule has 0 bridgehead atoms. The second-order valence-corrected chi connectivity index (χ2v) is 7.66. The Morgan fingerprint density at radius 3 is 1.95 bits per heavy atom. The Morgan fingerprint density at radius 2 is 1.32 bits per heavy atom. The van der Waals surface area contributed by atoms with Crippen LogP contribution in [-0.2, 0) is 14.4 Å². The molecule has 0 unspecified atom stereocenters. The van der Waals surface area contributed by atoms with Gasteiger partial charge in [0.25, 0.3) is 5.91 Å². The van der Waals surface area contributed by atoms with E-state index in [0.717, 1.165) is 6.42 Å². The number of hydrogen-bond donors (Lipinski definition) is 3. The van der Waals surface area contributed by atoms with Crippen LogP contribution < -0.4 is 30.3 Å². The summed E-state index contributed by atoms with van der Waals surface area (Å²) < 4.78 is 16.0. The van der Waals surface area contributed by atoms with Crippen LogP contribution in [-0.4, -0.2) is 44.3 Å². The molecule has 3 N–H and O–H groups in total. The van der Waals surface area contributed by atoms with Gasteiger partial charge >= 0.3 is 11.8 Å². The Hall–Kier alpha value is -4.86. The number of nitrogens with zero attached hydrogens (tertiary/aromatic N) is 1. The number of nitrogens with one attached hydrogen (secondary N) is 3. The van der Waals surface area contributed by atoms with E-state index in [-0.39, 0.29) is 12.5 Å². The van der Waals surface area contributed by atoms with E-state index < -0.39 is 11.8 Å². The minimum atomic E-state index is -0.912. The molecule has 10 nitrogen and oxygen atoms in total. The molecule has 192 valence electrons. The summed E-state index contributed by atoms with van der Waals surface area (Å²) >= 11 is 0. The number of hydrazone groups is 1. The van der Waals surface area contributed by atoms with Gasteiger partial charge in [0, 0.05) is 11.4 Å². The van der Waals surface area contributed by atoms with Gasteiger partial charge in [-0.15, -0.1) is 0 Å². The van der Waals surface area contributed by atoms with Crippen LogP contribution in [0, 0.1) is 0 Å². The van der Waals surface area contributed by atoms with Gasteiger partial charge in [0.15, 0.2) is 6.61 Å². The normalized spacial score (nSPS) is 10.4. The second-order valence-electron chi connectivity index (χ2n) is 7.66. The first-order valence-corrected chi connectivity index (χ1v) is 11.5. The molecule has 0 aliphatic rings. The van der Waals surface area contributed by atoms with Crippen molar-refractivity contribution in [2.45, 2.75) is 13.3 Å². The average molecular weight is 505 g/mol. The highest BCUT2D eigenvalue weighted by Gasteiger charge is 2.13. The zero-order valence-electron chi connectivity index (χ0n) is 20.5. The average Bonchev–Trinajstić information content (AvgIpc) is 2.92. The first-order valence-electron chi connectivity index (χ1n) is 11.5. The zero-order chi connectivity index (χ0) is 26.5. The van der Waals surface area contributed by atoms with Crippen LogP contribution in [0.4, 0.5) is 11.4 Å². The van der Waals surface area contributed by atoms with E-state index in [1.807, 2.05) is 6.92 Å². The van der Waals surface area contributed by atoms with Crippen LogP contribution in [0.15, 0.2) is 77.9 Å². The van der Waals surface area contributed by atoms with Crippen LogP contribution >= 0.6 is 0 Å². The Bertz CT molecular complexity index is 1210. The minimum Gasteiger partial charge on any atom is -0.497 e. The molecule has 3 rings (SSSR count). The third-order valence-electron chi connectivity index (χ3n) is 4.79. The van der Waals surface area contributed by atoms with E-state index in [4.69, 9.17) is 14.2 Å². The molecule has 0 atom stereocenters. The van der Waals surface area contributed by atoms with Crippen molar-refractivity contribution in [1.29, 1.82) is 0 Å². The quantitative estimate of drug-likeness (QED) is 0.208. The SMILES string of the molecule is CCCOc1ccc(NC(=O)C(=O)N/N=C\c2ccc(OCC(=O)Nc3ccc(OC)cc3)cc2)cc1. The van der Waals surface area contributed by atoms with Gasteiger partial charge in [-0.25, -0.2) is 5.43 Å². The number of carbonyl (C=O) groups excluding carboxylic acids is 3. The molecule has 0 saturated heterocycles. The van der Waals surface area contributed by atoms with Crippen LogP contribution in [0.2, 0.25) is 0 Å². The molecular weight excluding hydrogens is 476 g/mol. The molecular formula is C27H28N4O6. The van der Waals surface area contributed by atoms with Crippen molar-refractivity contribution < 1.29 is 28.6 Å². The largest absolute Gasteiger partial charge is 0.497 e. The second kappa shape index (κ2) is 13.9. The maximum Gasteiger partial charge on any atom is 0.329 e. The van der Waals surface area contributed by atoms with E-state index >= 15 is 0 Å². The molecule has 3 amide bonds. The van der Waals surface area contributed by atoms with Crippen molar-refractivity contribution in [2.75, 3.05) is 31.0 Å². The molecule has 0 fully saturated rings. The van der Waals surface area contributed by atoms with Gasteiger partial charge < -0.3 is 24.8 Å². The number of carbonyl (C=O) groups is 3. The Morgan fingerprint density at radius 1 is 0.757 bits per heavy atom. The molecule has 0 aliphatic carbocycles. The van der Waals surface area contributed by atoms with E-state index in [2.05, 4.69) is 21.2 Å². The fraction of sp³-hybridized carbons (Fsp3) is 0.185. The minimum absolute atomic E-state index is 0.168. The van der Waals surface area contributed by atoms with Gasteiger partial charge in [0.2, 0.25) is 0 Å². The summed E-state index contributed by atoms with van der Waals surface area (Å²) in [6.07, 6.45) is 2.27. The lowest BCUT2D eigenvalue weighted by Gasteiger charge is -2.08. The van der Waals surface area contributed by atoms with Gasteiger partial charge in [0.05, 0.1) is 19.9 Å². The van der Waals surface area contributed by atoms with Crippen molar-refractivity contribution in [2.24, 2.45) is 5.10 Å². The number of amides is 3. The smallest absolute Gasteiger partial charge is 0.329 e. The van der Waals surface area contributed by atoms with E-state index in [1.165, 1.54) is 6.21 Å². The lowest BCUT2D eigenvalue weighted by molar-refractivity contribution is -0.136. The molecule has 3 aromatic rings. The van der Waals surface area contributed by atoms with E-state index in [1.54, 1.807) is 79.9 Å². The number of benzene rings is 3. The summed E-state index contributed by atoms with van der Waals surface area (Å²) in [5.41, 5.74) is 3.92. The Labute approximate surface area is 214 Å². The predicted octanol–water partition coefficient (Wildman–Crippen LogP) is 3.59. The number of anilines is 2. The van der Waals surface area contributed by atoms with Gasteiger partial charge in [-0.3, -0.25) is 14.4 Å². The molecule has 0 radical (unpaired) electrons. The third-order valence-corrected chi connectivity index (χ3v) is 4.79. The Balaban J connectivity index is 1.40. The van der Waals surface area contributed by atoms with Gasteiger partial charge in [-0.1, -0.05) is 6.92 Å². The molecule has 0 spiro atoms. The van der Waals surface area contributed by atoms with E-state index in [0.29, 0.717) is 40.8 Å². The number of ether oxygens (including phenoxy) is 3. The number of methoxy groups -OCH3 is 1. The summed E-state index contributed by atoms with van der Waals surface area (Å²) in [6.45, 7) is 2.44. The highest BCUT2D eigenvalue weighted by atomic mass is 16.5. The van der Waals surface area contributed by atoms with Gasteiger partial charge in [-0.2, -0.15) is 5.10 Å². The van der Waals surface area contributed by atoms with Crippen molar-refractivity contribution in [3.05, 3.63) is 78.4 Å². The molecule has 0 saturated carbocycles. The van der Waals surface area contributed by atoms with Crippen LogP contribution in [0.3, 0.4) is 0 Å². The lowest BCUT2D eigenvalue weighted by atomic mass is 10.2. The van der Waals surface area contributed by atoms with Gasteiger partial charge in [0.1, 0.15) is 17.2 Å². The van der Waals surface area contributed by atoms with Gasteiger partial charge in [-0.05, 0) is 84.8 Å². The van der Waals surface area contributed by atoms with Crippen molar-refractivity contribution >= 4 is 35.3 Å². The molecule has 0 aliphatic heterocycles. The van der Waals surface area contributed by atoms with Crippen molar-refractivity contribution in [3.63, 3.8) is 0 Å². The van der Waals surface area contributed by atoms with Crippen LogP contribution in [0.1, 0.15) is 18.9 Å². The summed E-state index contributed by atoms with van der Waals surface area (Å²) in [7, 11) is 1.57. The standard InChI is InChI=1S/C27H28N4O6/c1-3-16-36-23-14-8-21(9-15-23)30-26(33)27(34)31-28-17-19-4-10-24(11-5-19)37-18-25(32)29-20-6-12-22(35-2)13-7-20/h4-15,17H,3,16,18H2,1-2H3,(H,29,32)(H,30,33)(H,31,34)/b28-17-. The Kier molecular flexibility index (Phi) is 10.0. The zero-order valence-corrected chi connectivity index (χ0v) is 20.5. The summed E-state index contributed by atoms with van der Waals surface area (Å²) in [5.74, 6) is -0.211. The fourth-order valence-electron chi connectivity index (χ4n) is 2.93. The molecule has 0 aromatic heterocycles. The van der Waals surface area contributed by atoms with Crippen molar-refractivity contribution in [3.8, 4) is 17.2 Å². The fourth-order valence-corrected chi connectivity index (χ4v) is 2.93. The monoisotopic (exact) mass is 504 g/mol. The predicted molar refractivity (Wildman–Crippen MR) is 140 cm³/mol. The molecule has 3 aromatic carbocycles. The summed E-state index contributed by atoms with van der Waals surface area (Å²) in [5, 5.41) is 9.01. The molecule has 0 heterocycles. The van der Waals surface area contributed by atoms with E-state index in [9.17, 15) is 14.4 Å². The maximum absolute atomic E-state index is 12.1. The topological polar surface area (TPSA) is 127 Å². The van der Waals surface area contributed by atoms with Crippen LogP contribution in [0.5, 0.6) is 17.2 Å². The lowest BCUT2D eigenvalue weighted by Crippen LogP contribution is -2.32. The number of hydrogen-bond acceptors (Lipinski definition) is 7. The summed E-state index contributed by atoms with van der Waals surface area (Å²) in [6, 6.07) is 20.4. The maximum atomic E-state index is 12.1. The first kappa shape index (κ1) is 26.7. The molecule has 10 heteroatoms. The molecule has 37 heavy (non-hydrogen) atoms. The third kappa shape index (κ3) is 9.02. The highest BCUT2D eigenvalue weighted by molar-refractivity contribution is 6.39. The number of rotatable bonds is 11. The highest BCUT2D eigenvalue weighted by Crippen LogP contribution is 2.17. The first-order chi connectivity index (χ1) is 18.0. The summed E-state index contributed by atoms with van der Waals surface area (Å²) in [4.78, 5) is 36.1. The van der Waals surface area contributed by atoms with Crippen LogP contribution in [0.25, 0.3) is 0 Å².